The molecule has 0 saturated carbocycles. The van der Waals surface area contributed by atoms with Crippen molar-refractivity contribution >= 4 is 18.8 Å². The van der Waals surface area contributed by atoms with Crippen molar-refractivity contribution in [3.63, 3.8) is 0 Å². The zero-order chi connectivity index (χ0) is 10.3. The fraction of sp³-hybridized carbons (Fsp3) is 0.857. The van der Waals surface area contributed by atoms with E-state index in [1.165, 1.54) is 6.21 Å². The molecule has 0 aromatic rings. The van der Waals surface area contributed by atoms with E-state index < -0.39 is 0 Å². The van der Waals surface area contributed by atoms with E-state index in [0.29, 0.717) is 0 Å². The molecule has 0 spiro atoms. The lowest BCUT2D eigenvalue weighted by Gasteiger charge is -2.22. The molecule has 6 heteroatoms. The minimum Gasteiger partial charge on any atom is -0.314 e. The number of azide groups is 1. The van der Waals surface area contributed by atoms with Crippen LogP contribution in [0.2, 0.25) is 0 Å². The van der Waals surface area contributed by atoms with Gasteiger partial charge in [0.15, 0.2) is 0 Å². The van der Waals surface area contributed by atoms with Gasteiger partial charge in [0.25, 0.3) is 0 Å². The first-order valence-corrected chi connectivity index (χ1v) is 4.65. The van der Waals surface area contributed by atoms with Gasteiger partial charge in [0.2, 0.25) is 0 Å². The Morgan fingerprint density at radius 2 is 2.38 bits per heavy atom. The van der Waals surface area contributed by atoms with E-state index in [1.807, 2.05) is 13.8 Å². The van der Waals surface area contributed by atoms with E-state index in [4.69, 9.17) is 10.9 Å². The number of likely N-dealkylation sites (N-methyl/N-ethyl adjacent to an activating group) is 1. The fourth-order valence-electron chi connectivity index (χ4n) is 1.07. The van der Waals surface area contributed by atoms with Crippen molar-refractivity contribution in [2.24, 2.45) is 5.11 Å². The van der Waals surface area contributed by atoms with Gasteiger partial charge in [-0.3, -0.25) is 0 Å². The van der Waals surface area contributed by atoms with Crippen molar-refractivity contribution in [1.29, 1.82) is 5.41 Å². The lowest BCUT2D eigenvalue weighted by molar-refractivity contribution is 0.482. The quantitative estimate of drug-likeness (QED) is 0.197. The van der Waals surface area contributed by atoms with E-state index >= 15 is 0 Å². The molecule has 0 heterocycles. The third-order valence-corrected chi connectivity index (χ3v) is 2.20. The predicted octanol–water partition coefficient (Wildman–Crippen LogP) is 1.61. The average Bonchev–Trinajstić information content (AvgIpc) is 2.13. The highest BCUT2D eigenvalue weighted by atomic mass is 32.1. The number of hydrogen-bond acceptors (Lipinski definition) is 4. The Hall–Kier alpha value is -0.710. The molecular formula is C7H15N5S. The van der Waals surface area contributed by atoms with E-state index in [0.717, 1.165) is 6.54 Å². The first kappa shape index (κ1) is 12.3. The summed E-state index contributed by atoms with van der Waals surface area (Å²) in [6.07, 6.45) is 1.18. The van der Waals surface area contributed by atoms with Gasteiger partial charge in [0, 0.05) is 22.4 Å². The van der Waals surface area contributed by atoms with Crippen molar-refractivity contribution in [3.05, 3.63) is 10.4 Å². The smallest absolute Gasteiger partial charge is 0.0690 e. The van der Waals surface area contributed by atoms with Gasteiger partial charge in [-0.25, -0.2) is 0 Å². The Kier molecular flexibility index (Phi) is 6.40. The molecule has 74 valence electrons. The van der Waals surface area contributed by atoms with Gasteiger partial charge in [0.05, 0.1) is 6.04 Å². The van der Waals surface area contributed by atoms with Crippen molar-refractivity contribution < 1.29 is 0 Å². The highest BCUT2D eigenvalue weighted by Gasteiger charge is 2.20. The van der Waals surface area contributed by atoms with Crippen LogP contribution in [0, 0.1) is 5.41 Å². The van der Waals surface area contributed by atoms with E-state index in [9.17, 15) is 0 Å². The third-order valence-electron chi connectivity index (χ3n) is 1.74. The van der Waals surface area contributed by atoms with Crippen LogP contribution in [0.1, 0.15) is 13.8 Å². The van der Waals surface area contributed by atoms with Crippen molar-refractivity contribution in [2.75, 3.05) is 6.54 Å². The third kappa shape index (κ3) is 4.17. The standard InChI is InChI=1S/C7H15N5S/c1-3-10-5(2)7(11-12-9)6(13)4-8/h4-8,10,13H,3H2,1-2H3/t5-,6?,7?/m0/s1. The van der Waals surface area contributed by atoms with Gasteiger partial charge in [0.1, 0.15) is 0 Å². The van der Waals surface area contributed by atoms with E-state index in [2.05, 4.69) is 28.0 Å². The SMILES string of the molecule is CCN[C@@H](C)C(N=[N+]=[N-])C(S)C=N. The Morgan fingerprint density at radius 3 is 2.77 bits per heavy atom. The number of nitrogens with one attached hydrogen (secondary N) is 2. The summed E-state index contributed by atoms with van der Waals surface area (Å²) in [7, 11) is 0. The van der Waals surface area contributed by atoms with Crippen molar-refractivity contribution in [3.8, 4) is 0 Å². The molecule has 0 aromatic carbocycles. The minimum absolute atomic E-state index is 0.0324. The first-order chi connectivity index (χ1) is 6.17. The van der Waals surface area contributed by atoms with E-state index in [1.54, 1.807) is 0 Å². The van der Waals surface area contributed by atoms with Crippen LogP contribution in [0.25, 0.3) is 10.4 Å². The summed E-state index contributed by atoms with van der Waals surface area (Å²) in [4.78, 5) is 2.74. The summed E-state index contributed by atoms with van der Waals surface area (Å²) in [6.45, 7) is 4.69. The lowest BCUT2D eigenvalue weighted by Crippen LogP contribution is -2.41. The maximum Gasteiger partial charge on any atom is 0.0690 e. The number of nitrogens with zero attached hydrogens (tertiary/aromatic N) is 3. The van der Waals surface area contributed by atoms with Crippen LogP contribution in [0.15, 0.2) is 5.11 Å². The van der Waals surface area contributed by atoms with Gasteiger partial charge in [-0.1, -0.05) is 12.0 Å². The molecule has 2 unspecified atom stereocenters. The maximum atomic E-state index is 8.32. The highest BCUT2D eigenvalue weighted by molar-refractivity contribution is 7.81. The summed E-state index contributed by atoms with van der Waals surface area (Å²) >= 11 is 4.14. The molecule has 0 rings (SSSR count). The number of hydrogen-bond donors (Lipinski definition) is 3. The monoisotopic (exact) mass is 201 g/mol. The molecule has 0 radical (unpaired) electrons. The Labute approximate surface area is 83.5 Å². The van der Waals surface area contributed by atoms with Crippen LogP contribution in [0.5, 0.6) is 0 Å². The maximum absolute atomic E-state index is 8.32. The van der Waals surface area contributed by atoms with Gasteiger partial charge < -0.3 is 10.7 Å². The van der Waals surface area contributed by atoms with Crippen LogP contribution >= 0.6 is 12.6 Å². The fourth-order valence-corrected chi connectivity index (χ4v) is 1.38. The highest BCUT2D eigenvalue weighted by Crippen LogP contribution is 2.09. The number of thiol groups is 1. The molecule has 0 saturated heterocycles. The van der Waals surface area contributed by atoms with Gasteiger partial charge in [-0.15, -0.1) is 0 Å². The second kappa shape index (κ2) is 6.77. The van der Waals surface area contributed by atoms with Crippen molar-refractivity contribution in [1.82, 2.24) is 5.32 Å². The zero-order valence-electron chi connectivity index (χ0n) is 7.81. The molecule has 13 heavy (non-hydrogen) atoms. The molecule has 0 bridgehead atoms. The van der Waals surface area contributed by atoms with E-state index in [-0.39, 0.29) is 17.3 Å². The molecule has 5 nitrogen and oxygen atoms in total. The van der Waals surface area contributed by atoms with Crippen molar-refractivity contribution in [2.45, 2.75) is 31.2 Å². The Balaban J connectivity index is 4.39. The van der Waals surface area contributed by atoms with Crippen LogP contribution < -0.4 is 5.32 Å². The molecule has 3 atom stereocenters. The van der Waals surface area contributed by atoms with Gasteiger partial charge in [-0.2, -0.15) is 12.6 Å². The van der Waals surface area contributed by atoms with Crippen LogP contribution in [-0.4, -0.2) is 30.1 Å². The normalized spacial score (nSPS) is 16.8. The molecule has 0 fully saturated rings. The van der Waals surface area contributed by atoms with Gasteiger partial charge in [-0.05, 0) is 19.0 Å². The summed E-state index contributed by atoms with van der Waals surface area (Å²) in [6, 6.07) is -0.282. The summed E-state index contributed by atoms with van der Waals surface area (Å²) in [5, 5.41) is 13.4. The van der Waals surface area contributed by atoms with Crippen LogP contribution in [0.4, 0.5) is 0 Å². The first-order valence-electron chi connectivity index (χ1n) is 4.13. The minimum atomic E-state index is -0.329. The Bertz CT molecular complexity index is 201. The Morgan fingerprint density at radius 1 is 1.77 bits per heavy atom. The second-order valence-electron chi connectivity index (χ2n) is 2.70. The summed E-state index contributed by atoms with van der Waals surface area (Å²) in [5.74, 6) is 0. The predicted molar refractivity (Wildman–Crippen MR) is 57.6 cm³/mol. The zero-order valence-corrected chi connectivity index (χ0v) is 8.70. The summed E-state index contributed by atoms with van der Waals surface area (Å²) in [5.41, 5.74) is 8.32. The van der Waals surface area contributed by atoms with Gasteiger partial charge >= 0.3 is 0 Å². The number of rotatable bonds is 6. The largest absolute Gasteiger partial charge is 0.314 e. The summed E-state index contributed by atoms with van der Waals surface area (Å²) < 4.78 is 0. The topological polar surface area (TPSA) is 84.6 Å². The molecular weight excluding hydrogens is 186 g/mol. The molecule has 0 amide bonds. The molecule has 0 aliphatic rings. The molecule has 2 N–H and O–H groups in total. The lowest BCUT2D eigenvalue weighted by atomic mass is 10.1. The molecule has 0 aromatic heterocycles. The average molecular weight is 201 g/mol. The molecule has 0 aliphatic carbocycles. The second-order valence-corrected chi connectivity index (χ2v) is 3.30. The molecule has 0 aliphatic heterocycles. The van der Waals surface area contributed by atoms with Crippen LogP contribution in [-0.2, 0) is 0 Å². The van der Waals surface area contributed by atoms with Crippen LogP contribution in [0.3, 0.4) is 0 Å².